The zero-order valence-corrected chi connectivity index (χ0v) is 15.1. The van der Waals surface area contributed by atoms with E-state index in [9.17, 15) is 26.3 Å². The molecule has 0 unspecified atom stereocenters. The second-order valence-electron chi connectivity index (χ2n) is 5.72. The lowest BCUT2D eigenvalue weighted by molar-refractivity contribution is -0.274. The maximum Gasteiger partial charge on any atom is 0.573 e. The summed E-state index contributed by atoms with van der Waals surface area (Å²) in [5, 5.41) is 0. The van der Waals surface area contributed by atoms with Gasteiger partial charge in [-0.2, -0.15) is 13.2 Å². The lowest BCUT2D eigenvalue weighted by Gasteiger charge is -2.34. The van der Waals surface area contributed by atoms with Crippen molar-refractivity contribution in [2.45, 2.75) is 12.5 Å². The van der Waals surface area contributed by atoms with E-state index in [1.54, 1.807) is 0 Å². The Labute approximate surface area is 154 Å². The highest BCUT2D eigenvalue weighted by molar-refractivity contribution is 9.10. The lowest BCUT2D eigenvalue weighted by atomic mass is 10.3. The van der Waals surface area contributed by atoms with Gasteiger partial charge in [-0.15, -0.1) is 13.2 Å². The number of benzene rings is 1. The normalized spacial score (nSPS) is 17.3. The van der Waals surface area contributed by atoms with E-state index < -0.39 is 24.8 Å². The van der Waals surface area contributed by atoms with Gasteiger partial charge < -0.3 is 9.47 Å². The summed E-state index contributed by atoms with van der Waals surface area (Å²) in [4.78, 5) is 3.28. The monoisotopic (exact) mass is 450 g/mol. The summed E-state index contributed by atoms with van der Waals surface area (Å²) in [5.41, 5.74) is 0. The Kier molecular flexibility index (Phi) is 7.03. The van der Waals surface area contributed by atoms with Gasteiger partial charge in [0.1, 0.15) is 18.1 Å². The van der Waals surface area contributed by atoms with Crippen LogP contribution in [-0.4, -0.2) is 68.2 Å². The molecule has 1 aromatic rings. The first-order valence-electron chi connectivity index (χ1n) is 7.71. The van der Waals surface area contributed by atoms with Gasteiger partial charge in [-0.25, -0.2) is 0 Å². The molecule has 1 fully saturated rings. The number of rotatable bonds is 6. The summed E-state index contributed by atoms with van der Waals surface area (Å²) in [6.07, 6.45) is -9.01. The van der Waals surface area contributed by atoms with Crippen LogP contribution in [0.3, 0.4) is 0 Å². The fraction of sp³-hybridized carbons (Fsp3) is 0.600. The first-order valence-corrected chi connectivity index (χ1v) is 8.51. The average Bonchev–Trinajstić information content (AvgIpc) is 2.49. The van der Waals surface area contributed by atoms with Gasteiger partial charge in [0.2, 0.25) is 0 Å². The molecule has 0 atom stereocenters. The minimum atomic E-state index is -4.81. The number of halogens is 7. The summed E-state index contributed by atoms with van der Waals surface area (Å²) in [5.74, 6) is -0.195. The number of ether oxygens (including phenoxy) is 2. The number of hydrogen-bond acceptors (Lipinski definition) is 4. The van der Waals surface area contributed by atoms with E-state index in [4.69, 9.17) is 4.74 Å². The molecule has 1 aliphatic heterocycles. The van der Waals surface area contributed by atoms with Crippen molar-refractivity contribution >= 4 is 15.9 Å². The van der Waals surface area contributed by atoms with Crippen molar-refractivity contribution in [3.05, 3.63) is 22.7 Å². The topological polar surface area (TPSA) is 24.9 Å². The summed E-state index contributed by atoms with van der Waals surface area (Å²) < 4.78 is 83.4. The molecule has 0 aliphatic carbocycles. The molecule has 0 radical (unpaired) electrons. The Hall–Kier alpha value is -1.20. The SMILES string of the molecule is FC(F)(F)CN1CCN(CCOc2ccc(Br)c(OC(F)(F)F)c2)CC1. The molecular formula is C15H17BrF6N2O2. The standard InChI is InChI=1S/C15H17BrF6N2O2/c16-12-2-1-11(9-13(12)26-15(20,21)22)25-8-7-23-3-5-24(6-4-23)10-14(17,18)19/h1-2,9H,3-8,10H2. The smallest absolute Gasteiger partial charge is 0.492 e. The van der Waals surface area contributed by atoms with Gasteiger partial charge in [0.15, 0.2) is 0 Å². The van der Waals surface area contributed by atoms with Gasteiger partial charge in [0, 0.05) is 38.8 Å². The predicted molar refractivity (Wildman–Crippen MR) is 85.3 cm³/mol. The van der Waals surface area contributed by atoms with Crippen LogP contribution >= 0.6 is 15.9 Å². The lowest BCUT2D eigenvalue weighted by Crippen LogP contribution is -2.49. The molecule has 1 aliphatic rings. The van der Waals surface area contributed by atoms with Crippen LogP contribution in [-0.2, 0) is 0 Å². The molecule has 1 heterocycles. The molecule has 0 N–H and O–H groups in total. The van der Waals surface area contributed by atoms with Gasteiger partial charge >= 0.3 is 12.5 Å². The van der Waals surface area contributed by atoms with Crippen LogP contribution in [0.4, 0.5) is 26.3 Å². The maximum absolute atomic E-state index is 12.3. The Bertz CT molecular complexity index is 588. The minimum absolute atomic E-state index is 0.142. The van der Waals surface area contributed by atoms with Crippen molar-refractivity contribution in [2.24, 2.45) is 0 Å². The zero-order chi connectivity index (χ0) is 19.4. The van der Waals surface area contributed by atoms with Crippen LogP contribution in [0.15, 0.2) is 22.7 Å². The molecule has 0 bridgehead atoms. The molecule has 1 saturated heterocycles. The van der Waals surface area contributed by atoms with E-state index in [2.05, 4.69) is 20.7 Å². The van der Waals surface area contributed by atoms with Gasteiger partial charge in [-0.05, 0) is 28.1 Å². The molecule has 0 saturated carbocycles. The van der Waals surface area contributed by atoms with Crippen molar-refractivity contribution in [1.82, 2.24) is 9.80 Å². The number of alkyl halides is 6. The summed E-state index contributed by atoms with van der Waals surface area (Å²) in [7, 11) is 0. The molecular weight excluding hydrogens is 434 g/mol. The molecule has 4 nitrogen and oxygen atoms in total. The van der Waals surface area contributed by atoms with Crippen LogP contribution in [0.1, 0.15) is 0 Å². The first kappa shape index (κ1) is 21.1. The van der Waals surface area contributed by atoms with E-state index in [-0.39, 0.29) is 16.8 Å². The van der Waals surface area contributed by atoms with Crippen LogP contribution in [0.5, 0.6) is 11.5 Å². The Morgan fingerprint density at radius 1 is 0.962 bits per heavy atom. The van der Waals surface area contributed by atoms with Crippen molar-refractivity contribution < 1.29 is 35.8 Å². The predicted octanol–water partition coefficient (Wildman–Crippen LogP) is 3.91. The molecule has 0 aromatic heterocycles. The number of piperazine rings is 1. The third-order valence-corrected chi connectivity index (χ3v) is 4.33. The van der Waals surface area contributed by atoms with Crippen LogP contribution in [0, 0.1) is 0 Å². The van der Waals surface area contributed by atoms with E-state index >= 15 is 0 Å². The first-order chi connectivity index (χ1) is 12.0. The quantitative estimate of drug-likeness (QED) is 0.613. The average molecular weight is 451 g/mol. The largest absolute Gasteiger partial charge is 0.573 e. The van der Waals surface area contributed by atoms with Crippen molar-refractivity contribution in [3.8, 4) is 11.5 Å². The Morgan fingerprint density at radius 2 is 1.58 bits per heavy atom. The van der Waals surface area contributed by atoms with Crippen LogP contribution < -0.4 is 9.47 Å². The second-order valence-corrected chi connectivity index (χ2v) is 6.58. The van der Waals surface area contributed by atoms with E-state index in [1.807, 2.05) is 4.90 Å². The van der Waals surface area contributed by atoms with Gasteiger partial charge in [0.25, 0.3) is 0 Å². The fourth-order valence-electron chi connectivity index (χ4n) is 2.49. The van der Waals surface area contributed by atoms with Gasteiger partial charge in [0.05, 0.1) is 11.0 Å². The Morgan fingerprint density at radius 3 is 2.15 bits per heavy atom. The highest BCUT2D eigenvalue weighted by atomic mass is 79.9. The third-order valence-electron chi connectivity index (χ3n) is 3.67. The van der Waals surface area contributed by atoms with Crippen LogP contribution in [0.2, 0.25) is 0 Å². The van der Waals surface area contributed by atoms with E-state index in [0.29, 0.717) is 32.7 Å². The number of hydrogen-bond donors (Lipinski definition) is 0. The number of nitrogens with zero attached hydrogens (tertiary/aromatic N) is 2. The van der Waals surface area contributed by atoms with Gasteiger partial charge in [-0.3, -0.25) is 9.80 Å². The highest BCUT2D eigenvalue weighted by Gasteiger charge is 2.33. The summed E-state index contributed by atoms with van der Waals surface area (Å²) in [6.45, 7) is 1.31. The summed E-state index contributed by atoms with van der Waals surface area (Å²) >= 11 is 2.97. The van der Waals surface area contributed by atoms with Gasteiger partial charge in [-0.1, -0.05) is 0 Å². The zero-order valence-electron chi connectivity index (χ0n) is 13.5. The molecule has 11 heteroatoms. The van der Waals surface area contributed by atoms with E-state index in [1.165, 1.54) is 17.0 Å². The summed E-state index contributed by atoms with van der Waals surface area (Å²) in [6, 6.07) is 4.00. The minimum Gasteiger partial charge on any atom is -0.492 e. The molecule has 148 valence electrons. The van der Waals surface area contributed by atoms with E-state index in [0.717, 1.165) is 6.07 Å². The van der Waals surface area contributed by atoms with Crippen molar-refractivity contribution in [3.63, 3.8) is 0 Å². The molecule has 0 amide bonds. The van der Waals surface area contributed by atoms with Crippen molar-refractivity contribution in [1.29, 1.82) is 0 Å². The third kappa shape index (κ3) is 7.58. The highest BCUT2D eigenvalue weighted by Crippen LogP contribution is 2.33. The second kappa shape index (κ2) is 8.66. The molecule has 2 rings (SSSR count). The molecule has 0 spiro atoms. The Balaban J connectivity index is 1.76. The molecule has 26 heavy (non-hydrogen) atoms. The maximum atomic E-state index is 12.3. The van der Waals surface area contributed by atoms with Crippen LogP contribution in [0.25, 0.3) is 0 Å². The van der Waals surface area contributed by atoms with Crippen molar-refractivity contribution in [2.75, 3.05) is 45.9 Å². The molecule has 1 aromatic carbocycles. The fourth-order valence-corrected chi connectivity index (χ4v) is 2.82.